The molecule has 0 bridgehead atoms. The number of primary amides is 1. The minimum Gasteiger partial charge on any atom is -0.364 e. The normalized spacial score (nSPS) is 10.9. The zero-order valence-corrected chi connectivity index (χ0v) is 15.2. The number of carbonyl (C=O) groups is 1. The topological polar surface area (TPSA) is 107 Å². The number of aryl methyl sites for hydroxylation is 1. The molecule has 1 amide bonds. The summed E-state index contributed by atoms with van der Waals surface area (Å²) < 4.78 is 0. The molecule has 0 aliphatic rings. The van der Waals surface area contributed by atoms with Crippen molar-refractivity contribution in [1.82, 2.24) is 9.97 Å². The van der Waals surface area contributed by atoms with Crippen LogP contribution in [0.2, 0.25) is 0 Å². The highest BCUT2D eigenvalue weighted by molar-refractivity contribution is 5.96. The van der Waals surface area contributed by atoms with E-state index in [4.69, 9.17) is 11.5 Å². The van der Waals surface area contributed by atoms with Crippen molar-refractivity contribution in [3.8, 4) is 0 Å². The number of nitrogens with zero attached hydrogens (tertiary/aromatic N) is 2. The second-order valence-electron chi connectivity index (χ2n) is 6.49. The molecular weight excluding hydrogens is 314 g/mol. The number of benzene rings is 1. The lowest BCUT2D eigenvalue weighted by molar-refractivity contribution is 0.0996. The minimum absolute atomic E-state index is 0.175. The van der Waals surface area contributed by atoms with Gasteiger partial charge in [0.2, 0.25) is 0 Å². The first-order chi connectivity index (χ1) is 11.9. The van der Waals surface area contributed by atoms with Crippen LogP contribution < -0.4 is 16.8 Å². The van der Waals surface area contributed by atoms with Gasteiger partial charge in [-0.3, -0.25) is 4.79 Å². The maximum Gasteiger partial charge on any atom is 0.271 e. The number of nitrogens with one attached hydrogen (secondary N) is 1. The van der Waals surface area contributed by atoms with Gasteiger partial charge in [0.05, 0.1) is 11.4 Å². The van der Waals surface area contributed by atoms with Gasteiger partial charge in [0.25, 0.3) is 5.91 Å². The summed E-state index contributed by atoms with van der Waals surface area (Å²) in [6, 6.07) is 7.88. The molecule has 0 aliphatic heterocycles. The molecule has 2 aromatic rings. The van der Waals surface area contributed by atoms with E-state index >= 15 is 0 Å². The second-order valence-corrected chi connectivity index (χ2v) is 6.49. The van der Waals surface area contributed by atoms with E-state index in [1.807, 2.05) is 31.2 Å². The van der Waals surface area contributed by atoms with Crippen LogP contribution in [0.25, 0.3) is 0 Å². The van der Waals surface area contributed by atoms with Crippen molar-refractivity contribution in [2.75, 3.05) is 11.9 Å². The molecule has 0 aliphatic carbocycles. The summed E-state index contributed by atoms with van der Waals surface area (Å²) in [7, 11) is 0. The number of aromatic nitrogens is 2. The lowest BCUT2D eigenvalue weighted by atomic mass is 10.0. The van der Waals surface area contributed by atoms with E-state index in [1.54, 1.807) is 0 Å². The van der Waals surface area contributed by atoms with Crippen molar-refractivity contribution in [3.05, 3.63) is 46.9 Å². The van der Waals surface area contributed by atoms with Crippen molar-refractivity contribution in [2.24, 2.45) is 17.4 Å². The summed E-state index contributed by atoms with van der Waals surface area (Å²) >= 11 is 0. The van der Waals surface area contributed by atoms with E-state index in [1.165, 1.54) is 0 Å². The third-order valence-corrected chi connectivity index (χ3v) is 3.84. The summed E-state index contributed by atoms with van der Waals surface area (Å²) in [6.07, 6.45) is 2.30. The first-order valence-electron chi connectivity index (χ1n) is 8.70. The van der Waals surface area contributed by atoms with Crippen LogP contribution in [-0.4, -0.2) is 22.4 Å². The number of rotatable bonds is 8. The second kappa shape index (κ2) is 8.58. The lowest BCUT2D eigenvalue weighted by Gasteiger charge is -2.15. The van der Waals surface area contributed by atoms with Gasteiger partial charge in [0.15, 0.2) is 11.5 Å². The molecule has 0 saturated heterocycles. The van der Waals surface area contributed by atoms with Gasteiger partial charge < -0.3 is 16.8 Å². The Morgan fingerprint density at radius 1 is 1.24 bits per heavy atom. The van der Waals surface area contributed by atoms with Crippen molar-refractivity contribution in [2.45, 2.75) is 40.0 Å². The van der Waals surface area contributed by atoms with Gasteiger partial charge in [-0.05, 0) is 49.4 Å². The first kappa shape index (κ1) is 18.9. The fraction of sp³-hybridized carbons (Fsp3) is 0.421. The Morgan fingerprint density at radius 3 is 2.60 bits per heavy atom. The van der Waals surface area contributed by atoms with Crippen LogP contribution in [0.1, 0.15) is 48.2 Å². The molecule has 2 rings (SSSR count). The summed E-state index contributed by atoms with van der Waals surface area (Å²) in [5.41, 5.74) is 15.0. The first-order valence-corrected chi connectivity index (χ1v) is 8.70. The van der Waals surface area contributed by atoms with E-state index < -0.39 is 5.91 Å². The van der Waals surface area contributed by atoms with Crippen LogP contribution in [0.4, 0.5) is 11.5 Å². The maximum absolute atomic E-state index is 11.8. The van der Waals surface area contributed by atoms with E-state index in [0.29, 0.717) is 24.7 Å². The van der Waals surface area contributed by atoms with Gasteiger partial charge in [-0.15, -0.1) is 0 Å². The molecule has 1 heterocycles. The standard InChI is InChI=1S/C19H27N5O/c1-4-15-16(10-12(2)3)24-19(17(23-15)18(21)25)22-14-7-5-6-13(11-14)8-9-20/h5-7,11-12H,4,8-10,20H2,1-3H3,(H2,21,25)(H,22,24). The molecule has 0 radical (unpaired) electrons. The van der Waals surface area contributed by atoms with Gasteiger partial charge in [-0.25, -0.2) is 9.97 Å². The molecule has 1 aromatic carbocycles. The molecule has 0 saturated carbocycles. The Kier molecular flexibility index (Phi) is 6.47. The van der Waals surface area contributed by atoms with Gasteiger partial charge in [-0.2, -0.15) is 0 Å². The van der Waals surface area contributed by atoms with Crippen LogP contribution in [0.3, 0.4) is 0 Å². The average molecular weight is 341 g/mol. The Hall–Kier alpha value is -2.47. The Bertz CT molecular complexity index is 743. The number of carbonyl (C=O) groups excluding carboxylic acids is 1. The van der Waals surface area contributed by atoms with Crippen LogP contribution in [0.15, 0.2) is 24.3 Å². The molecule has 6 heteroatoms. The van der Waals surface area contributed by atoms with Crippen LogP contribution in [0.5, 0.6) is 0 Å². The molecule has 0 atom stereocenters. The molecule has 5 N–H and O–H groups in total. The number of amides is 1. The largest absolute Gasteiger partial charge is 0.364 e. The van der Waals surface area contributed by atoms with Gasteiger partial charge in [0.1, 0.15) is 0 Å². The Morgan fingerprint density at radius 2 is 2.00 bits per heavy atom. The summed E-state index contributed by atoms with van der Waals surface area (Å²) in [5, 5.41) is 3.20. The molecule has 0 fully saturated rings. The third kappa shape index (κ3) is 5.00. The maximum atomic E-state index is 11.8. The number of hydrogen-bond acceptors (Lipinski definition) is 5. The fourth-order valence-electron chi connectivity index (χ4n) is 2.71. The number of anilines is 2. The van der Waals surface area contributed by atoms with Gasteiger partial charge in [-0.1, -0.05) is 32.9 Å². The van der Waals surface area contributed by atoms with E-state index in [9.17, 15) is 4.79 Å². The molecule has 134 valence electrons. The Labute approximate surface area is 149 Å². The lowest BCUT2D eigenvalue weighted by Crippen LogP contribution is -2.19. The highest BCUT2D eigenvalue weighted by atomic mass is 16.1. The Balaban J connectivity index is 2.43. The molecule has 0 spiro atoms. The van der Waals surface area contributed by atoms with Crippen LogP contribution in [0, 0.1) is 5.92 Å². The predicted octanol–water partition coefficient (Wildman–Crippen LogP) is 2.58. The highest BCUT2D eigenvalue weighted by Gasteiger charge is 2.17. The SMILES string of the molecule is CCc1nc(C(N)=O)c(Nc2cccc(CCN)c2)nc1CC(C)C. The summed E-state index contributed by atoms with van der Waals surface area (Å²) in [4.78, 5) is 21.0. The molecule has 25 heavy (non-hydrogen) atoms. The highest BCUT2D eigenvalue weighted by Crippen LogP contribution is 2.22. The summed E-state index contributed by atoms with van der Waals surface area (Å²) in [6.45, 7) is 6.85. The summed E-state index contributed by atoms with van der Waals surface area (Å²) in [5.74, 6) is 0.268. The molecule has 0 unspecified atom stereocenters. The number of nitrogens with two attached hydrogens (primary N) is 2. The van der Waals surface area contributed by atoms with Crippen molar-refractivity contribution < 1.29 is 4.79 Å². The third-order valence-electron chi connectivity index (χ3n) is 3.84. The van der Waals surface area contributed by atoms with Crippen molar-refractivity contribution in [3.63, 3.8) is 0 Å². The van der Waals surface area contributed by atoms with E-state index in [2.05, 4.69) is 29.1 Å². The quantitative estimate of drug-likeness (QED) is 0.684. The van der Waals surface area contributed by atoms with Crippen molar-refractivity contribution >= 4 is 17.4 Å². The van der Waals surface area contributed by atoms with E-state index in [-0.39, 0.29) is 5.69 Å². The van der Waals surface area contributed by atoms with Crippen LogP contribution >= 0.6 is 0 Å². The number of hydrogen-bond donors (Lipinski definition) is 3. The zero-order valence-electron chi connectivity index (χ0n) is 15.2. The van der Waals surface area contributed by atoms with Gasteiger partial charge in [0, 0.05) is 5.69 Å². The minimum atomic E-state index is -0.584. The average Bonchev–Trinajstić information content (AvgIpc) is 2.55. The zero-order chi connectivity index (χ0) is 18.4. The molecule has 6 nitrogen and oxygen atoms in total. The van der Waals surface area contributed by atoms with E-state index in [0.717, 1.165) is 35.5 Å². The molecule has 1 aromatic heterocycles. The smallest absolute Gasteiger partial charge is 0.271 e. The monoisotopic (exact) mass is 341 g/mol. The van der Waals surface area contributed by atoms with Gasteiger partial charge >= 0.3 is 0 Å². The van der Waals surface area contributed by atoms with Crippen LogP contribution in [-0.2, 0) is 19.3 Å². The fourth-order valence-corrected chi connectivity index (χ4v) is 2.71. The van der Waals surface area contributed by atoms with Crippen molar-refractivity contribution in [1.29, 1.82) is 0 Å². The molecular formula is C19H27N5O. The predicted molar refractivity (Wildman–Crippen MR) is 101 cm³/mol.